The fourth-order valence-corrected chi connectivity index (χ4v) is 2.97. The first-order valence-electron chi connectivity index (χ1n) is 6.65. The number of benzene rings is 4. The van der Waals surface area contributed by atoms with Crippen molar-refractivity contribution in [3.8, 4) is 11.8 Å². The number of carbonyl (C=O) groups is 1. The molecule has 0 amide bonds. The molecule has 0 heterocycles. The minimum atomic E-state index is -1.11. The molecule has 4 aromatic rings. The Kier molecular flexibility index (Phi) is 2.36. The van der Waals surface area contributed by atoms with Gasteiger partial charge in [-0.25, -0.2) is 4.79 Å². The molecule has 0 saturated heterocycles. The minimum absolute atomic E-state index is 0.753. The molecule has 0 aliphatic rings. The van der Waals surface area contributed by atoms with Gasteiger partial charge in [-0.3, -0.25) is 0 Å². The summed E-state index contributed by atoms with van der Waals surface area (Å²) in [7, 11) is 0. The van der Waals surface area contributed by atoms with E-state index in [2.05, 4.69) is 42.2 Å². The van der Waals surface area contributed by atoms with Crippen LogP contribution in [0, 0.1) is 11.8 Å². The molecule has 0 saturated carbocycles. The SMILES string of the molecule is O=C(O)C#Cc1ccc2ccc3cccc4ccc1c2c34. The van der Waals surface area contributed by atoms with E-state index in [0.29, 0.717) is 0 Å². The molecule has 2 nitrogen and oxygen atoms in total. The molecule has 0 bridgehead atoms. The number of hydrogen-bond donors (Lipinski definition) is 1. The molecular formula is C19H10O2. The summed E-state index contributed by atoms with van der Waals surface area (Å²) in [5.41, 5.74) is 0.753. The van der Waals surface area contributed by atoms with Crippen molar-refractivity contribution < 1.29 is 9.90 Å². The van der Waals surface area contributed by atoms with Gasteiger partial charge < -0.3 is 5.11 Å². The minimum Gasteiger partial charge on any atom is -0.472 e. The Morgan fingerprint density at radius 2 is 1.43 bits per heavy atom. The molecule has 0 aliphatic heterocycles. The predicted octanol–water partition coefficient (Wildman–Crippen LogP) is 4.02. The van der Waals surface area contributed by atoms with Gasteiger partial charge in [0.15, 0.2) is 0 Å². The van der Waals surface area contributed by atoms with Crippen LogP contribution in [-0.2, 0) is 4.79 Å². The van der Waals surface area contributed by atoms with Crippen molar-refractivity contribution in [1.29, 1.82) is 0 Å². The van der Waals surface area contributed by atoms with Crippen molar-refractivity contribution in [2.24, 2.45) is 0 Å². The third-order valence-corrected chi connectivity index (χ3v) is 3.83. The average molecular weight is 270 g/mol. The van der Waals surface area contributed by atoms with Gasteiger partial charge in [0, 0.05) is 11.5 Å². The largest absolute Gasteiger partial charge is 0.472 e. The highest BCUT2D eigenvalue weighted by Crippen LogP contribution is 2.35. The molecule has 21 heavy (non-hydrogen) atoms. The molecule has 98 valence electrons. The molecule has 0 aliphatic carbocycles. The highest BCUT2D eigenvalue weighted by molar-refractivity contribution is 6.23. The third-order valence-electron chi connectivity index (χ3n) is 3.83. The third kappa shape index (κ3) is 1.72. The zero-order valence-corrected chi connectivity index (χ0v) is 11.1. The number of carboxylic acid groups (broad SMARTS) is 1. The zero-order chi connectivity index (χ0) is 14.4. The highest BCUT2D eigenvalue weighted by atomic mass is 16.4. The van der Waals surface area contributed by atoms with Gasteiger partial charge in [0.2, 0.25) is 0 Å². The molecular weight excluding hydrogens is 260 g/mol. The van der Waals surface area contributed by atoms with Crippen LogP contribution < -0.4 is 0 Å². The van der Waals surface area contributed by atoms with Gasteiger partial charge in [0.1, 0.15) is 0 Å². The Morgan fingerprint density at radius 3 is 2.14 bits per heavy atom. The van der Waals surface area contributed by atoms with Crippen LogP contribution in [0.25, 0.3) is 32.3 Å². The van der Waals surface area contributed by atoms with E-state index in [1.165, 1.54) is 16.2 Å². The Balaban J connectivity index is 2.21. The van der Waals surface area contributed by atoms with Crippen molar-refractivity contribution in [3.05, 3.63) is 60.2 Å². The maximum atomic E-state index is 10.7. The van der Waals surface area contributed by atoms with Crippen LogP contribution in [0.5, 0.6) is 0 Å². The summed E-state index contributed by atoms with van der Waals surface area (Å²) < 4.78 is 0. The monoisotopic (exact) mass is 270 g/mol. The molecule has 2 heteroatoms. The summed E-state index contributed by atoms with van der Waals surface area (Å²) >= 11 is 0. The molecule has 0 atom stereocenters. The fourth-order valence-electron chi connectivity index (χ4n) is 2.97. The zero-order valence-electron chi connectivity index (χ0n) is 11.1. The Bertz CT molecular complexity index is 1050. The summed E-state index contributed by atoms with van der Waals surface area (Å²) in [6, 6.07) is 18.4. The van der Waals surface area contributed by atoms with Crippen molar-refractivity contribution in [3.63, 3.8) is 0 Å². The number of hydrogen-bond acceptors (Lipinski definition) is 1. The topological polar surface area (TPSA) is 37.3 Å². The molecule has 4 aromatic carbocycles. The highest BCUT2D eigenvalue weighted by Gasteiger charge is 2.09. The molecule has 0 fully saturated rings. The summed E-state index contributed by atoms with van der Waals surface area (Å²) in [6.07, 6.45) is 0. The second-order valence-electron chi connectivity index (χ2n) is 5.02. The molecule has 0 spiro atoms. The van der Waals surface area contributed by atoms with Gasteiger partial charge in [0.05, 0.1) is 0 Å². The predicted molar refractivity (Wildman–Crippen MR) is 84.7 cm³/mol. The summed E-state index contributed by atoms with van der Waals surface area (Å²) in [5, 5.41) is 15.6. The number of aliphatic carboxylic acids is 1. The lowest BCUT2D eigenvalue weighted by molar-refractivity contribution is -0.130. The van der Waals surface area contributed by atoms with Gasteiger partial charge in [-0.2, -0.15) is 0 Å². The summed E-state index contributed by atoms with van der Waals surface area (Å²) in [6.45, 7) is 0. The van der Waals surface area contributed by atoms with E-state index >= 15 is 0 Å². The molecule has 4 rings (SSSR count). The first kappa shape index (κ1) is 11.7. The van der Waals surface area contributed by atoms with Crippen molar-refractivity contribution in [2.45, 2.75) is 0 Å². The van der Waals surface area contributed by atoms with E-state index in [0.717, 1.165) is 21.7 Å². The summed E-state index contributed by atoms with van der Waals surface area (Å²) in [5.74, 6) is 3.84. The fraction of sp³-hybridized carbons (Fsp3) is 0. The average Bonchev–Trinajstić information content (AvgIpc) is 2.51. The lowest BCUT2D eigenvalue weighted by atomic mass is 9.92. The van der Waals surface area contributed by atoms with Gasteiger partial charge in [-0.05, 0) is 38.4 Å². The van der Waals surface area contributed by atoms with E-state index in [9.17, 15) is 4.79 Å². The van der Waals surface area contributed by atoms with Crippen LogP contribution >= 0.6 is 0 Å². The second-order valence-corrected chi connectivity index (χ2v) is 5.02. The molecule has 1 N–H and O–H groups in total. The molecule has 0 aromatic heterocycles. The van der Waals surface area contributed by atoms with Crippen molar-refractivity contribution in [1.82, 2.24) is 0 Å². The normalized spacial score (nSPS) is 10.9. The van der Waals surface area contributed by atoms with Crippen molar-refractivity contribution >= 4 is 38.3 Å². The van der Waals surface area contributed by atoms with E-state index < -0.39 is 5.97 Å². The van der Waals surface area contributed by atoms with Crippen LogP contribution in [0.15, 0.2) is 54.6 Å². The Labute approximate surface area is 121 Å². The van der Waals surface area contributed by atoms with Crippen LogP contribution in [0.4, 0.5) is 0 Å². The lowest BCUT2D eigenvalue weighted by Gasteiger charge is -2.11. The number of carboxylic acids is 1. The van der Waals surface area contributed by atoms with Crippen LogP contribution in [0.2, 0.25) is 0 Å². The van der Waals surface area contributed by atoms with E-state index in [-0.39, 0.29) is 0 Å². The van der Waals surface area contributed by atoms with Crippen LogP contribution in [0.3, 0.4) is 0 Å². The van der Waals surface area contributed by atoms with Gasteiger partial charge in [-0.1, -0.05) is 54.5 Å². The summed E-state index contributed by atoms with van der Waals surface area (Å²) in [4.78, 5) is 10.7. The lowest BCUT2D eigenvalue weighted by Crippen LogP contribution is -1.89. The second kappa shape index (κ2) is 4.22. The van der Waals surface area contributed by atoms with Crippen LogP contribution in [0.1, 0.15) is 5.56 Å². The van der Waals surface area contributed by atoms with E-state index in [4.69, 9.17) is 5.11 Å². The van der Waals surface area contributed by atoms with Gasteiger partial charge in [0.25, 0.3) is 0 Å². The maximum absolute atomic E-state index is 10.7. The molecule has 0 radical (unpaired) electrons. The first-order chi connectivity index (χ1) is 10.2. The van der Waals surface area contributed by atoms with Crippen LogP contribution in [-0.4, -0.2) is 11.1 Å². The van der Waals surface area contributed by atoms with Gasteiger partial charge in [-0.15, -0.1) is 0 Å². The Hall–Kier alpha value is -3.05. The Morgan fingerprint density at radius 1 is 0.810 bits per heavy atom. The van der Waals surface area contributed by atoms with Gasteiger partial charge >= 0.3 is 5.97 Å². The van der Waals surface area contributed by atoms with E-state index in [1.54, 1.807) is 0 Å². The smallest absolute Gasteiger partial charge is 0.382 e. The molecule has 0 unspecified atom stereocenters. The standard InChI is InChI=1S/C19H10O2/c20-17(21)11-9-12-4-5-15-7-6-13-2-1-3-14-8-10-16(12)19(15)18(13)14/h1-8,10H,(H,20,21). The number of rotatable bonds is 0. The van der Waals surface area contributed by atoms with Crippen molar-refractivity contribution in [2.75, 3.05) is 0 Å². The quantitative estimate of drug-likeness (QED) is 0.387. The first-order valence-corrected chi connectivity index (χ1v) is 6.65. The van der Waals surface area contributed by atoms with E-state index in [1.807, 2.05) is 24.3 Å². The maximum Gasteiger partial charge on any atom is 0.382 e.